The van der Waals surface area contributed by atoms with Crippen LogP contribution in [0.3, 0.4) is 0 Å². The number of halogens is 1. The molecule has 172 valence electrons. The minimum Gasteiger partial charge on any atom is -0.496 e. The third-order valence-corrected chi connectivity index (χ3v) is 5.75. The van der Waals surface area contributed by atoms with Crippen LogP contribution in [0.4, 0.5) is 10.1 Å². The van der Waals surface area contributed by atoms with Crippen molar-refractivity contribution in [2.45, 2.75) is 13.5 Å². The lowest BCUT2D eigenvalue weighted by Gasteiger charge is -2.36. The van der Waals surface area contributed by atoms with Gasteiger partial charge in [0.1, 0.15) is 17.3 Å². The van der Waals surface area contributed by atoms with Crippen LogP contribution < -0.4 is 15.1 Å². The highest BCUT2D eigenvalue weighted by molar-refractivity contribution is 5.95. The van der Waals surface area contributed by atoms with Crippen LogP contribution in [0.5, 0.6) is 5.75 Å². The lowest BCUT2D eigenvalue weighted by atomic mass is 10.1. The number of hydrogen-bond donors (Lipinski definition) is 1. The van der Waals surface area contributed by atoms with Crippen LogP contribution in [0.1, 0.15) is 27.2 Å². The Labute approximate surface area is 192 Å². The number of nitrogens with one attached hydrogen (secondary N) is 1. The normalized spacial score (nSPS) is 14.6. The first-order valence-corrected chi connectivity index (χ1v) is 10.8. The molecule has 1 fully saturated rings. The Kier molecular flexibility index (Phi) is 7.04. The summed E-state index contributed by atoms with van der Waals surface area (Å²) in [6, 6.07) is 14.1. The number of rotatable bonds is 7. The maximum Gasteiger partial charge on any atom is 0.274 e. The second-order valence-corrected chi connectivity index (χ2v) is 7.90. The van der Waals surface area contributed by atoms with Crippen LogP contribution >= 0.6 is 0 Å². The summed E-state index contributed by atoms with van der Waals surface area (Å²) in [6.45, 7) is 5.98. The maximum absolute atomic E-state index is 13.2. The number of ether oxygens (including phenoxy) is 1. The van der Waals surface area contributed by atoms with E-state index < -0.39 is 0 Å². The molecule has 1 aliphatic heterocycles. The van der Waals surface area contributed by atoms with E-state index in [0.29, 0.717) is 11.3 Å². The monoisotopic (exact) mass is 450 g/mol. The number of nitrogens with zero attached hydrogens (tertiary/aromatic N) is 3. The molecule has 0 unspecified atom stereocenters. The van der Waals surface area contributed by atoms with Crippen molar-refractivity contribution in [3.63, 3.8) is 0 Å². The van der Waals surface area contributed by atoms with Crippen molar-refractivity contribution < 1.29 is 18.3 Å². The van der Waals surface area contributed by atoms with Gasteiger partial charge in [0.2, 0.25) is 0 Å². The van der Waals surface area contributed by atoms with Crippen molar-refractivity contribution in [2.75, 3.05) is 38.2 Å². The predicted molar refractivity (Wildman–Crippen MR) is 125 cm³/mol. The zero-order chi connectivity index (χ0) is 23.2. The van der Waals surface area contributed by atoms with Gasteiger partial charge in [0.05, 0.1) is 25.2 Å². The average Bonchev–Trinajstić information content (AvgIpc) is 3.26. The summed E-state index contributed by atoms with van der Waals surface area (Å²) in [4.78, 5) is 16.8. The SMILES string of the molecule is COc1ccc(C=NNC(=O)c2ccoc2C)cc1CN1CCN(c2ccc(F)cc2)CC1. The molecule has 33 heavy (non-hydrogen) atoms. The second-order valence-electron chi connectivity index (χ2n) is 7.90. The van der Waals surface area contributed by atoms with Gasteiger partial charge in [-0.3, -0.25) is 9.69 Å². The Bertz CT molecular complexity index is 1120. The lowest BCUT2D eigenvalue weighted by molar-refractivity contribution is 0.0953. The third-order valence-electron chi connectivity index (χ3n) is 5.75. The molecule has 0 radical (unpaired) electrons. The molecule has 0 bridgehead atoms. The number of hydrogen-bond acceptors (Lipinski definition) is 6. The molecular formula is C25H27FN4O3. The van der Waals surface area contributed by atoms with Gasteiger partial charge in [-0.2, -0.15) is 5.10 Å². The first-order chi connectivity index (χ1) is 16.0. The largest absolute Gasteiger partial charge is 0.496 e. The van der Waals surface area contributed by atoms with Gasteiger partial charge >= 0.3 is 0 Å². The van der Waals surface area contributed by atoms with E-state index in [-0.39, 0.29) is 11.7 Å². The number of piperazine rings is 1. The first-order valence-electron chi connectivity index (χ1n) is 10.8. The molecule has 2 aromatic carbocycles. The summed E-state index contributed by atoms with van der Waals surface area (Å²) >= 11 is 0. The topological polar surface area (TPSA) is 70.3 Å². The molecule has 1 amide bonds. The van der Waals surface area contributed by atoms with Gasteiger partial charge in [-0.05, 0) is 61.0 Å². The number of hydrazone groups is 1. The third kappa shape index (κ3) is 5.59. The number of amides is 1. The van der Waals surface area contributed by atoms with Gasteiger partial charge in [-0.15, -0.1) is 0 Å². The quantitative estimate of drug-likeness (QED) is 0.438. The lowest BCUT2D eigenvalue weighted by Crippen LogP contribution is -2.46. The van der Waals surface area contributed by atoms with E-state index in [1.54, 1.807) is 26.3 Å². The standard InChI is InChI=1S/C25H27FN4O3/c1-18-23(9-14-33-18)25(31)28-27-16-19-3-8-24(32-2)20(15-19)17-29-10-12-30(13-11-29)22-6-4-21(26)5-7-22/h3-9,14-16H,10-13,17H2,1-2H3,(H,28,31). The highest BCUT2D eigenvalue weighted by Crippen LogP contribution is 2.23. The fraction of sp³-hybridized carbons (Fsp3) is 0.280. The molecule has 1 saturated heterocycles. The van der Waals surface area contributed by atoms with Crippen molar-refractivity contribution in [1.82, 2.24) is 10.3 Å². The van der Waals surface area contributed by atoms with Crippen LogP contribution in [0.25, 0.3) is 0 Å². The van der Waals surface area contributed by atoms with Crippen LogP contribution in [-0.2, 0) is 6.54 Å². The van der Waals surface area contributed by atoms with E-state index in [9.17, 15) is 9.18 Å². The fourth-order valence-electron chi connectivity index (χ4n) is 3.91. The van der Waals surface area contributed by atoms with Crippen LogP contribution in [0.2, 0.25) is 0 Å². The number of anilines is 1. The van der Waals surface area contributed by atoms with Gasteiger partial charge in [-0.25, -0.2) is 9.82 Å². The summed E-state index contributed by atoms with van der Waals surface area (Å²) in [7, 11) is 1.66. The van der Waals surface area contributed by atoms with Crippen molar-refractivity contribution in [3.05, 3.63) is 83.1 Å². The highest BCUT2D eigenvalue weighted by atomic mass is 19.1. The summed E-state index contributed by atoms with van der Waals surface area (Å²) in [6.07, 6.45) is 3.09. The Morgan fingerprint density at radius 1 is 1.15 bits per heavy atom. The van der Waals surface area contributed by atoms with Crippen molar-refractivity contribution in [2.24, 2.45) is 5.10 Å². The molecule has 1 N–H and O–H groups in total. The fourth-order valence-corrected chi connectivity index (χ4v) is 3.91. The molecular weight excluding hydrogens is 423 g/mol. The molecule has 0 spiro atoms. The van der Waals surface area contributed by atoms with E-state index in [1.165, 1.54) is 18.4 Å². The van der Waals surface area contributed by atoms with Crippen LogP contribution in [0.15, 0.2) is 64.3 Å². The van der Waals surface area contributed by atoms with E-state index >= 15 is 0 Å². The second kappa shape index (κ2) is 10.3. The molecule has 0 saturated carbocycles. The minimum absolute atomic E-state index is 0.218. The number of aryl methyl sites for hydroxylation is 1. The van der Waals surface area contributed by atoms with Gasteiger partial charge in [0.15, 0.2) is 0 Å². The zero-order valence-electron chi connectivity index (χ0n) is 18.8. The summed E-state index contributed by atoms with van der Waals surface area (Å²) in [5.41, 5.74) is 5.94. The first kappa shape index (κ1) is 22.5. The number of furan rings is 1. The van der Waals surface area contributed by atoms with Crippen LogP contribution in [0, 0.1) is 12.7 Å². The number of benzene rings is 2. The predicted octanol–water partition coefficient (Wildman–Crippen LogP) is 3.82. The zero-order valence-corrected chi connectivity index (χ0v) is 18.8. The number of methoxy groups -OCH3 is 1. The molecule has 2 heterocycles. The molecule has 8 heteroatoms. The Morgan fingerprint density at radius 2 is 1.91 bits per heavy atom. The van der Waals surface area contributed by atoms with Gasteiger partial charge in [0, 0.05) is 44.0 Å². The summed E-state index contributed by atoms with van der Waals surface area (Å²) in [5, 5.41) is 4.08. The number of carbonyl (C=O) groups is 1. The van der Waals surface area contributed by atoms with Crippen molar-refractivity contribution in [1.29, 1.82) is 0 Å². The van der Waals surface area contributed by atoms with E-state index in [1.807, 2.05) is 30.3 Å². The van der Waals surface area contributed by atoms with E-state index in [4.69, 9.17) is 9.15 Å². The minimum atomic E-state index is -0.315. The van der Waals surface area contributed by atoms with Crippen molar-refractivity contribution >= 4 is 17.8 Å². The number of carbonyl (C=O) groups excluding carboxylic acids is 1. The van der Waals surface area contributed by atoms with E-state index in [2.05, 4.69) is 20.3 Å². The molecule has 1 aromatic heterocycles. The Balaban J connectivity index is 1.36. The molecule has 3 aromatic rings. The van der Waals surface area contributed by atoms with Gasteiger partial charge < -0.3 is 14.1 Å². The van der Waals surface area contributed by atoms with Gasteiger partial charge in [-0.1, -0.05) is 0 Å². The summed E-state index contributed by atoms with van der Waals surface area (Å²) < 4.78 is 23.9. The average molecular weight is 451 g/mol. The van der Waals surface area contributed by atoms with Crippen molar-refractivity contribution in [3.8, 4) is 5.75 Å². The molecule has 0 atom stereocenters. The Hall–Kier alpha value is -3.65. The molecule has 4 rings (SSSR count). The maximum atomic E-state index is 13.2. The van der Waals surface area contributed by atoms with E-state index in [0.717, 1.165) is 55.3 Å². The smallest absolute Gasteiger partial charge is 0.274 e. The Morgan fingerprint density at radius 3 is 2.58 bits per heavy atom. The highest BCUT2D eigenvalue weighted by Gasteiger charge is 2.19. The van der Waals surface area contributed by atoms with Crippen LogP contribution in [-0.4, -0.2) is 50.3 Å². The molecule has 1 aliphatic rings. The van der Waals surface area contributed by atoms with Gasteiger partial charge in [0.25, 0.3) is 5.91 Å². The molecule has 0 aliphatic carbocycles. The summed E-state index contributed by atoms with van der Waals surface area (Å²) in [5.74, 6) is 0.828. The molecule has 7 nitrogen and oxygen atoms in total.